The average molecular weight is 390 g/mol. The number of thiophene rings is 1. The maximum atomic E-state index is 12.0. The molecule has 0 bridgehead atoms. The van der Waals surface area contributed by atoms with Crippen LogP contribution in [0, 0.1) is 0 Å². The van der Waals surface area contributed by atoms with Gasteiger partial charge in [0.25, 0.3) is 0 Å². The third kappa shape index (κ3) is 5.51. The van der Waals surface area contributed by atoms with Crippen molar-refractivity contribution in [3.05, 3.63) is 46.7 Å². The van der Waals surface area contributed by atoms with E-state index in [2.05, 4.69) is 28.1 Å². The quantitative estimate of drug-likeness (QED) is 0.693. The molecular formula is C19H23N3O2S2. The summed E-state index contributed by atoms with van der Waals surface area (Å²) < 4.78 is 0. The van der Waals surface area contributed by atoms with Crippen LogP contribution in [0.3, 0.4) is 0 Å². The molecule has 0 aliphatic carbocycles. The fourth-order valence-electron chi connectivity index (χ4n) is 2.81. The van der Waals surface area contributed by atoms with Crippen molar-refractivity contribution in [3.63, 3.8) is 0 Å². The zero-order valence-corrected chi connectivity index (χ0v) is 16.2. The highest BCUT2D eigenvalue weighted by atomic mass is 32.2. The number of rotatable bonds is 7. The Kier molecular flexibility index (Phi) is 6.96. The number of amides is 3. The number of urea groups is 1. The Balaban J connectivity index is 1.42. The minimum absolute atomic E-state index is 0.153. The minimum Gasteiger partial charge on any atom is -0.337 e. The predicted molar refractivity (Wildman–Crippen MR) is 110 cm³/mol. The third-order valence-corrected chi connectivity index (χ3v) is 6.16. The van der Waals surface area contributed by atoms with E-state index in [4.69, 9.17) is 0 Å². The van der Waals surface area contributed by atoms with Gasteiger partial charge in [-0.2, -0.15) is 11.8 Å². The number of hydrogen-bond acceptors (Lipinski definition) is 4. The molecule has 5 nitrogen and oxygen atoms in total. The highest BCUT2D eigenvalue weighted by molar-refractivity contribution is 7.98. The molecule has 3 rings (SSSR count). The average Bonchev–Trinajstić information content (AvgIpc) is 3.15. The Morgan fingerprint density at radius 3 is 2.96 bits per heavy atom. The van der Waals surface area contributed by atoms with Gasteiger partial charge in [-0.3, -0.25) is 4.79 Å². The summed E-state index contributed by atoms with van der Waals surface area (Å²) >= 11 is 3.56. The molecule has 1 aromatic carbocycles. The monoisotopic (exact) mass is 389 g/mol. The van der Waals surface area contributed by atoms with Crippen molar-refractivity contribution < 1.29 is 9.59 Å². The van der Waals surface area contributed by atoms with E-state index in [0.717, 1.165) is 36.6 Å². The lowest BCUT2D eigenvalue weighted by Crippen LogP contribution is -2.35. The topological polar surface area (TPSA) is 61.4 Å². The molecule has 26 heavy (non-hydrogen) atoms. The maximum absolute atomic E-state index is 12.0. The van der Waals surface area contributed by atoms with Gasteiger partial charge in [0.2, 0.25) is 5.91 Å². The summed E-state index contributed by atoms with van der Waals surface area (Å²) in [6.45, 7) is 1.36. The van der Waals surface area contributed by atoms with Crippen LogP contribution in [0.2, 0.25) is 0 Å². The van der Waals surface area contributed by atoms with Gasteiger partial charge in [-0.05, 0) is 42.5 Å². The van der Waals surface area contributed by atoms with E-state index >= 15 is 0 Å². The van der Waals surface area contributed by atoms with Crippen LogP contribution in [-0.2, 0) is 10.5 Å². The SMILES string of the molecule is O=C(NCCSCc1cccs1)Nc1cccc(N2CCCCC2=O)c1. The molecule has 138 valence electrons. The number of carbonyl (C=O) groups excluding carboxylic acids is 2. The predicted octanol–water partition coefficient (Wildman–Crippen LogP) is 4.32. The van der Waals surface area contributed by atoms with Crippen LogP contribution in [0.4, 0.5) is 16.2 Å². The molecule has 1 aliphatic rings. The summed E-state index contributed by atoms with van der Waals surface area (Å²) in [7, 11) is 0. The maximum Gasteiger partial charge on any atom is 0.319 e. The smallest absolute Gasteiger partial charge is 0.319 e. The Morgan fingerprint density at radius 2 is 2.15 bits per heavy atom. The van der Waals surface area contributed by atoms with E-state index in [9.17, 15) is 9.59 Å². The van der Waals surface area contributed by atoms with Gasteiger partial charge in [0.05, 0.1) is 0 Å². The van der Waals surface area contributed by atoms with Crippen LogP contribution in [0.1, 0.15) is 24.1 Å². The van der Waals surface area contributed by atoms with Gasteiger partial charge in [0.15, 0.2) is 0 Å². The summed E-state index contributed by atoms with van der Waals surface area (Å²) in [6.07, 6.45) is 2.58. The molecule has 1 aliphatic heterocycles. The highest BCUT2D eigenvalue weighted by Crippen LogP contribution is 2.23. The molecule has 7 heteroatoms. The second-order valence-corrected chi connectivity index (χ2v) is 8.20. The molecular weight excluding hydrogens is 366 g/mol. The van der Waals surface area contributed by atoms with Gasteiger partial charge in [0, 0.05) is 47.3 Å². The van der Waals surface area contributed by atoms with Crippen molar-refractivity contribution in [2.75, 3.05) is 29.1 Å². The Labute approximate surface area is 162 Å². The number of piperidine rings is 1. The van der Waals surface area contributed by atoms with Crippen molar-refractivity contribution >= 4 is 46.4 Å². The van der Waals surface area contributed by atoms with E-state index in [1.807, 2.05) is 24.3 Å². The fourth-order valence-corrected chi connectivity index (χ4v) is 4.51. The molecule has 3 amide bonds. The highest BCUT2D eigenvalue weighted by Gasteiger charge is 2.19. The van der Waals surface area contributed by atoms with E-state index in [-0.39, 0.29) is 11.9 Å². The second kappa shape index (κ2) is 9.64. The molecule has 0 atom stereocenters. The normalized spacial score (nSPS) is 14.3. The summed E-state index contributed by atoms with van der Waals surface area (Å²) in [5.41, 5.74) is 1.55. The summed E-state index contributed by atoms with van der Waals surface area (Å²) in [6, 6.07) is 11.4. The lowest BCUT2D eigenvalue weighted by molar-refractivity contribution is -0.119. The van der Waals surface area contributed by atoms with Gasteiger partial charge in [0.1, 0.15) is 0 Å². The Hall–Kier alpha value is -1.99. The van der Waals surface area contributed by atoms with Gasteiger partial charge in [-0.1, -0.05) is 12.1 Å². The number of nitrogens with zero attached hydrogens (tertiary/aromatic N) is 1. The van der Waals surface area contributed by atoms with Gasteiger partial charge >= 0.3 is 6.03 Å². The van der Waals surface area contributed by atoms with Crippen LogP contribution < -0.4 is 15.5 Å². The van der Waals surface area contributed by atoms with E-state index in [1.165, 1.54) is 4.88 Å². The lowest BCUT2D eigenvalue weighted by atomic mass is 10.1. The number of nitrogens with one attached hydrogen (secondary N) is 2. The van der Waals surface area contributed by atoms with Crippen molar-refractivity contribution in [2.24, 2.45) is 0 Å². The zero-order chi connectivity index (χ0) is 18.2. The summed E-state index contributed by atoms with van der Waals surface area (Å²) in [4.78, 5) is 27.2. The first-order chi connectivity index (χ1) is 12.7. The van der Waals surface area contributed by atoms with Crippen molar-refractivity contribution in [1.29, 1.82) is 0 Å². The fraction of sp³-hybridized carbons (Fsp3) is 0.368. The van der Waals surface area contributed by atoms with Gasteiger partial charge in [-0.25, -0.2) is 4.79 Å². The first-order valence-electron chi connectivity index (χ1n) is 8.78. The lowest BCUT2D eigenvalue weighted by Gasteiger charge is -2.27. The molecule has 0 saturated carbocycles. The van der Waals surface area contributed by atoms with Crippen LogP contribution in [0.25, 0.3) is 0 Å². The van der Waals surface area contributed by atoms with Crippen LogP contribution >= 0.6 is 23.1 Å². The molecule has 1 saturated heterocycles. The number of thioether (sulfide) groups is 1. The minimum atomic E-state index is -0.219. The van der Waals surface area contributed by atoms with Crippen molar-refractivity contribution in [3.8, 4) is 0 Å². The molecule has 1 fully saturated rings. The van der Waals surface area contributed by atoms with Crippen molar-refractivity contribution in [2.45, 2.75) is 25.0 Å². The third-order valence-electron chi connectivity index (χ3n) is 4.10. The van der Waals surface area contributed by atoms with Crippen molar-refractivity contribution in [1.82, 2.24) is 5.32 Å². The molecule has 1 aromatic heterocycles. The van der Waals surface area contributed by atoms with Crippen LogP contribution in [0.15, 0.2) is 41.8 Å². The Bertz CT molecular complexity index is 734. The second-order valence-electron chi connectivity index (χ2n) is 6.07. The number of carbonyl (C=O) groups is 2. The summed E-state index contributed by atoms with van der Waals surface area (Å²) in [5.74, 6) is 2.00. The number of benzene rings is 1. The number of anilines is 2. The standard InChI is InChI=1S/C19H23N3O2S2/c23-18-8-1-2-10-22(18)16-6-3-5-15(13-16)21-19(24)20-9-12-25-14-17-7-4-11-26-17/h3-7,11,13H,1-2,8-10,12,14H2,(H2,20,21,24). The van der Waals surface area contributed by atoms with E-state index < -0.39 is 0 Å². The molecule has 2 N–H and O–H groups in total. The first-order valence-corrected chi connectivity index (χ1v) is 10.8. The Morgan fingerprint density at radius 1 is 1.23 bits per heavy atom. The molecule has 0 radical (unpaired) electrons. The van der Waals surface area contributed by atoms with E-state index in [0.29, 0.717) is 18.7 Å². The molecule has 0 unspecified atom stereocenters. The summed E-state index contributed by atoms with van der Waals surface area (Å²) in [5, 5.41) is 7.79. The van der Waals surface area contributed by atoms with Gasteiger partial charge in [-0.15, -0.1) is 11.3 Å². The van der Waals surface area contributed by atoms with Crippen LogP contribution in [-0.4, -0.2) is 30.8 Å². The molecule has 0 spiro atoms. The van der Waals surface area contributed by atoms with E-state index in [1.54, 1.807) is 28.0 Å². The first kappa shape index (κ1) is 18.8. The molecule has 2 aromatic rings. The van der Waals surface area contributed by atoms with Crippen LogP contribution in [0.5, 0.6) is 0 Å². The zero-order valence-electron chi connectivity index (χ0n) is 14.6. The van der Waals surface area contributed by atoms with Gasteiger partial charge < -0.3 is 15.5 Å². The largest absolute Gasteiger partial charge is 0.337 e. The molecule has 2 heterocycles. The number of hydrogen-bond donors (Lipinski definition) is 2.